The van der Waals surface area contributed by atoms with E-state index in [2.05, 4.69) is 0 Å². The fourth-order valence-electron chi connectivity index (χ4n) is 1.84. The normalized spacial score (nSPS) is 12.7. The number of benzene rings is 2. The molecule has 0 N–H and O–H groups in total. The van der Waals surface area contributed by atoms with Crippen LogP contribution in [0.2, 0.25) is 0 Å². The van der Waals surface area contributed by atoms with E-state index in [0.717, 1.165) is 24.3 Å². The molecular formula is C14H8F6OS. The highest BCUT2D eigenvalue weighted by molar-refractivity contribution is 7.85. The minimum Gasteiger partial charge on any atom is -0.249 e. The van der Waals surface area contributed by atoms with E-state index in [1.54, 1.807) is 0 Å². The summed E-state index contributed by atoms with van der Waals surface area (Å²) in [6.07, 6.45) is -9.61. The van der Waals surface area contributed by atoms with E-state index in [1.807, 2.05) is 0 Å². The topological polar surface area (TPSA) is 17.1 Å². The van der Waals surface area contributed by atoms with Crippen LogP contribution in [-0.4, -0.2) is 4.21 Å². The van der Waals surface area contributed by atoms with E-state index in [-0.39, 0.29) is 0 Å². The lowest BCUT2D eigenvalue weighted by atomic mass is 10.2. The molecule has 1 nitrogen and oxygen atoms in total. The molecule has 0 unspecified atom stereocenters. The van der Waals surface area contributed by atoms with Crippen molar-refractivity contribution in [2.75, 3.05) is 0 Å². The van der Waals surface area contributed by atoms with Crippen molar-refractivity contribution in [3.05, 3.63) is 59.7 Å². The number of hydrogen-bond donors (Lipinski definition) is 0. The van der Waals surface area contributed by atoms with Gasteiger partial charge in [-0.15, -0.1) is 0 Å². The third-order valence-corrected chi connectivity index (χ3v) is 4.30. The fourth-order valence-corrected chi connectivity index (χ4v) is 3.25. The largest absolute Gasteiger partial charge is 0.417 e. The lowest BCUT2D eigenvalue weighted by molar-refractivity contribution is -0.140. The Morgan fingerprint density at radius 3 is 1.27 bits per heavy atom. The van der Waals surface area contributed by atoms with Gasteiger partial charge in [0.25, 0.3) is 0 Å². The maximum Gasteiger partial charge on any atom is 0.417 e. The molecule has 0 aliphatic rings. The van der Waals surface area contributed by atoms with E-state index in [9.17, 15) is 30.6 Å². The number of halogens is 6. The van der Waals surface area contributed by atoms with Gasteiger partial charge in [0.2, 0.25) is 0 Å². The number of alkyl halides is 6. The molecule has 0 saturated heterocycles. The van der Waals surface area contributed by atoms with Gasteiger partial charge < -0.3 is 0 Å². The predicted octanol–water partition coefficient (Wildman–Crippen LogP) is 4.89. The van der Waals surface area contributed by atoms with Crippen molar-refractivity contribution >= 4 is 10.8 Å². The molecule has 0 atom stereocenters. The van der Waals surface area contributed by atoms with Crippen LogP contribution in [0.5, 0.6) is 0 Å². The summed E-state index contributed by atoms with van der Waals surface area (Å²) in [4.78, 5) is -1.40. The molecule has 2 rings (SSSR count). The highest BCUT2D eigenvalue weighted by Crippen LogP contribution is 2.38. The standard InChI is InChI=1S/C14H8F6OS/c15-13(16,17)9-5-1-3-7-11(9)22(21)12-8-4-2-6-10(12)14(18,19)20/h1-8H. The van der Waals surface area contributed by atoms with Crippen LogP contribution in [0.25, 0.3) is 0 Å². The highest BCUT2D eigenvalue weighted by Gasteiger charge is 2.38. The van der Waals surface area contributed by atoms with Gasteiger partial charge in [-0.05, 0) is 24.3 Å². The van der Waals surface area contributed by atoms with Crippen molar-refractivity contribution in [1.29, 1.82) is 0 Å². The zero-order valence-corrected chi connectivity index (χ0v) is 11.5. The lowest BCUT2D eigenvalue weighted by Gasteiger charge is -2.15. The number of hydrogen-bond acceptors (Lipinski definition) is 1. The van der Waals surface area contributed by atoms with Crippen molar-refractivity contribution in [1.82, 2.24) is 0 Å². The average molecular weight is 338 g/mol. The highest BCUT2D eigenvalue weighted by atomic mass is 32.2. The first-order valence-corrected chi connectivity index (χ1v) is 7.01. The molecule has 0 aromatic heterocycles. The Labute approximate surface area is 124 Å². The Bertz CT molecular complexity index is 645. The second kappa shape index (κ2) is 5.75. The third kappa shape index (κ3) is 3.32. The molecule has 2 aromatic carbocycles. The van der Waals surface area contributed by atoms with Gasteiger partial charge in [0.1, 0.15) is 0 Å². The molecule has 0 spiro atoms. The van der Waals surface area contributed by atoms with E-state index in [4.69, 9.17) is 0 Å². The molecule has 118 valence electrons. The van der Waals surface area contributed by atoms with Crippen molar-refractivity contribution < 1.29 is 30.6 Å². The smallest absolute Gasteiger partial charge is 0.249 e. The Balaban J connectivity index is 2.61. The van der Waals surface area contributed by atoms with Gasteiger partial charge in [0, 0.05) is 0 Å². The van der Waals surface area contributed by atoms with Crippen LogP contribution in [0.4, 0.5) is 26.3 Å². The second-order valence-corrected chi connectivity index (χ2v) is 5.67. The van der Waals surface area contributed by atoms with Gasteiger partial charge in [-0.2, -0.15) is 26.3 Å². The van der Waals surface area contributed by atoms with Gasteiger partial charge in [-0.3, -0.25) is 0 Å². The predicted molar refractivity (Wildman–Crippen MR) is 67.6 cm³/mol. The first-order chi connectivity index (χ1) is 10.1. The fraction of sp³-hybridized carbons (Fsp3) is 0.143. The monoisotopic (exact) mass is 338 g/mol. The molecular weight excluding hydrogens is 330 g/mol. The molecule has 0 heterocycles. The quantitative estimate of drug-likeness (QED) is 0.713. The Hall–Kier alpha value is -1.83. The maximum absolute atomic E-state index is 12.9. The summed E-state index contributed by atoms with van der Waals surface area (Å²) in [5, 5.41) is 0. The molecule has 8 heteroatoms. The summed E-state index contributed by atoms with van der Waals surface area (Å²) in [6, 6.07) is 7.74. The molecule has 0 fully saturated rings. The molecule has 0 bridgehead atoms. The van der Waals surface area contributed by atoms with E-state index in [1.165, 1.54) is 12.1 Å². The maximum atomic E-state index is 12.9. The van der Waals surface area contributed by atoms with Crippen molar-refractivity contribution in [2.24, 2.45) is 0 Å². The minimum atomic E-state index is -4.81. The van der Waals surface area contributed by atoms with Crippen molar-refractivity contribution in [2.45, 2.75) is 22.1 Å². The number of rotatable bonds is 2. The van der Waals surface area contributed by atoms with Crippen molar-refractivity contribution in [3.8, 4) is 0 Å². The van der Waals surface area contributed by atoms with Crippen LogP contribution >= 0.6 is 0 Å². The second-order valence-electron chi connectivity index (χ2n) is 4.26. The summed E-state index contributed by atoms with van der Waals surface area (Å²) in [6.45, 7) is 0. The molecule has 0 aliphatic heterocycles. The first-order valence-electron chi connectivity index (χ1n) is 5.86. The van der Waals surface area contributed by atoms with Crippen LogP contribution in [0.3, 0.4) is 0 Å². The minimum absolute atomic E-state index is 0.684. The lowest BCUT2D eigenvalue weighted by Crippen LogP contribution is -2.13. The Morgan fingerprint density at radius 1 is 0.636 bits per heavy atom. The van der Waals surface area contributed by atoms with Gasteiger partial charge in [0.15, 0.2) is 0 Å². The molecule has 22 heavy (non-hydrogen) atoms. The van der Waals surface area contributed by atoms with Gasteiger partial charge in [-0.25, -0.2) is 4.21 Å². The van der Waals surface area contributed by atoms with Crippen LogP contribution < -0.4 is 0 Å². The van der Waals surface area contributed by atoms with E-state index >= 15 is 0 Å². The van der Waals surface area contributed by atoms with E-state index in [0.29, 0.717) is 12.1 Å². The zero-order chi connectivity index (χ0) is 16.5. The van der Waals surface area contributed by atoms with E-state index < -0.39 is 44.1 Å². The Morgan fingerprint density at radius 2 is 0.955 bits per heavy atom. The zero-order valence-electron chi connectivity index (χ0n) is 10.7. The van der Waals surface area contributed by atoms with Crippen LogP contribution in [0.1, 0.15) is 11.1 Å². The summed E-state index contributed by atoms with van der Waals surface area (Å²) < 4.78 is 89.7. The summed E-state index contributed by atoms with van der Waals surface area (Å²) in [5.74, 6) is 0. The molecule has 0 amide bonds. The summed E-state index contributed by atoms with van der Waals surface area (Å²) >= 11 is 0. The first kappa shape index (κ1) is 16.5. The SMILES string of the molecule is O=S(c1ccccc1C(F)(F)F)c1ccccc1C(F)(F)F. The summed E-state index contributed by atoms with van der Waals surface area (Å²) in [7, 11) is -2.60. The molecule has 0 saturated carbocycles. The van der Waals surface area contributed by atoms with Gasteiger partial charge >= 0.3 is 12.4 Å². The average Bonchev–Trinajstić information content (AvgIpc) is 2.45. The van der Waals surface area contributed by atoms with Crippen molar-refractivity contribution in [3.63, 3.8) is 0 Å². The third-order valence-electron chi connectivity index (χ3n) is 2.78. The molecule has 2 aromatic rings. The van der Waals surface area contributed by atoms with Gasteiger partial charge in [-0.1, -0.05) is 24.3 Å². The summed E-state index contributed by atoms with van der Waals surface area (Å²) in [5.41, 5.74) is -2.43. The van der Waals surface area contributed by atoms with Crippen LogP contribution in [0.15, 0.2) is 58.3 Å². The van der Waals surface area contributed by atoms with Gasteiger partial charge in [0.05, 0.1) is 31.7 Å². The molecule has 0 radical (unpaired) electrons. The van der Waals surface area contributed by atoms with Crippen LogP contribution in [0, 0.1) is 0 Å². The molecule has 0 aliphatic carbocycles. The van der Waals surface area contributed by atoms with Crippen LogP contribution in [-0.2, 0) is 23.2 Å². The Kier molecular flexibility index (Phi) is 4.32.